The van der Waals surface area contributed by atoms with Crippen molar-refractivity contribution in [1.29, 1.82) is 0 Å². The van der Waals surface area contributed by atoms with E-state index in [0.717, 1.165) is 25.8 Å². The molecule has 0 bridgehead atoms. The second-order valence-corrected chi connectivity index (χ2v) is 8.03. The van der Waals surface area contributed by atoms with Crippen LogP contribution in [-0.4, -0.2) is 6.54 Å². The molecule has 1 heterocycles. The number of benzene rings is 4. The van der Waals surface area contributed by atoms with Gasteiger partial charge >= 0.3 is 0 Å². The van der Waals surface area contributed by atoms with Crippen molar-refractivity contribution in [2.24, 2.45) is 0 Å². The van der Waals surface area contributed by atoms with E-state index in [1.807, 2.05) is 0 Å². The van der Waals surface area contributed by atoms with E-state index >= 15 is 0 Å². The van der Waals surface area contributed by atoms with Crippen LogP contribution in [-0.2, 0) is 19.3 Å². The predicted molar refractivity (Wildman–Crippen MR) is 118 cm³/mol. The Labute approximate surface area is 166 Å². The summed E-state index contributed by atoms with van der Waals surface area (Å²) in [5.74, 6) is 0. The highest BCUT2D eigenvalue weighted by molar-refractivity contribution is 5.96. The largest absolute Gasteiger partial charge is 0.341 e. The fraction of sp³-hybridized carbons (Fsp3) is 0.185. The molecule has 0 aromatic heterocycles. The zero-order valence-electron chi connectivity index (χ0n) is 16.2. The minimum absolute atomic E-state index is 0.994. The number of hydrogen-bond acceptors (Lipinski definition) is 1. The van der Waals surface area contributed by atoms with E-state index in [9.17, 15) is 0 Å². The van der Waals surface area contributed by atoms with Crippen molar-refractivity contribution in [3.63, 3.8) is 0 Å². The molecule has 4 aromatic carbocycles. The monoisotopic (exact) mass is 361 g/mol. The molecule has 6 rings (SSSR count). The van der Waals surface area contributed by atoms with Crippen LogP contribution in [0, 0.1) is 0 Å². The van der Waals surface area contributed by atoms with E-state index in [-0.39, 0.29) is 0 Å². The first kappa shape index (κ1) is 15.9. The Morgan fingerprint density at radius 3 is 2.04 bits per heavy atom. The maximum atomic E-state index is 2.47. The van der Waals surface area contributed by atoms with Crippen molar-refractivity contribution < 1.29 is 0 Å². The fourth-order valence-corrected chi connectivity index (χ4v) is 5.26. The van der Waals surface area contributed by atoms with E-state index in [2.05, 4.69) is 84.6 Å². The number of fused-ring (bicyclic) bond motifs is 7. The highest BCUT2D eigenvalue weighted by Crippen LogP contribution is 2.43. The molecule has 1 aliphatic carbocycles. The molecule has 28 heavy (non-hydrogen) atoms. The second-order valence-electron chi connectivity index (χ2n) is 8.03. The molecular formula is C27H23N. The second kappa shape index (κ2) is 5.97. The van der Waals surface area contributed by atoms with Gasteiger partial charge in [-0.15, -0.1) is 0 Å². The molecule has 1 aliphatic heterocycles. The van der Waals surface area contributed by atoms with Gasteiger partial charge in [0, 0.05) is 24.3 Å². The first-order valence-electron chi connectivity index (χ1n) is 10.3. The van der Waals surface area contributed by atoms with Crippen molar-refractivity contribution in [1.82, 2.24) is 0 Å². The molecule has 0 saturated carbocycles. The Kier molecular flexibility index (Phi) is 3.40. The van der Waals surface area contributed by atoms with Gasteiger partial charge in [-0.25, -0.2) is 0 Å². The predicted octanol–water partition coefficient (Wildman–Crippen LogP) is 6.40. The number of para-hydroxylation sites is 1. The van der Waals surface area contributed by atoms with E-state index in [1.54, 1.807) is 0 Å². The maximum absolute atomic E-state index is 2.47. The summed E-state index contributed by atoms with van der Waals surface area (Å²) in [5.41, 5.74) is 11.7. The zero-order valence-corrected chi connectivity index (χ0v) is 16.2. The molecule has 2 aliphatic rings. The molecule has 0 fully saturated rings. The Hall–Kier alpha value is -3.06. The topological polar surface area (TPSA) is 3.24 Å². The lowest BCUT2D eigenvalue weighted by atomic mass is 9.81. The summed E-state index contributed by atoms with van der Waals surface area (Å²) in [6.45, 7) is 3.24. The molecule has 0 unspecified atom stereocenters. The van der Waals surface area contributed by atoms with Crippen LogP contribution in [0.2, 0.25) is 0 Å². The van der Waals surface area contributed by atoms with Crippen LogP contribution in [0.5, 0.6) is 0 Å². The van der Waals surface area contributed by atoms with Crippen molar-refractivity contribution in [3.8, 4) is 0 Å². The fourth-order valence-electron chi connectivity index (χ4n) is 5.26. The Bertz CT molecular complexity index is 1230. The minimum atomic E-state index is 0.994. The van der Waals surface area contributed by atoms with Gasteiger partial charge in [0.05, 0.1) is 0 Å². The number of nitrogens with zero attached hydrogens (tertiary/aromatic N) is 1. The van der Waals surface area contributed by atoms with Crippen molar-refractivity contribution in [2.75, 3.05) is 11.4 Å². The van der Waals surface area contributed by atoms with Crippen molar-refractivity contribution >= 4 is 22.1 Å². The van der Waals surface area contributed by atoms with Crippen molar-refractivity contribution in [3.05, 3.63) is 106 Å². The molecule has 0 amide bonds. The average Bonchev–Trinajstić information content (AvgIpc) is 2.75. The number of anilines is 2. The molecule has 0 saturated heterocycles. The first-order valence-corrected chi connectivity index (χ1v) is 10.3. The van der Waals surface area contributed by atoms with E-state index in [4.69, 9.17) is 0 Å². The Balaban J connectivity index is 1.56. The van der Waals surface area contributed by atoms with Gasteiger partial charge in [-0.1, -0.05) is 60.7 Å². The normalized spacial score (nSPS) is 14.2. The standard InChI is InChI=1S/C27H23N/c1-2-28-26-10-6-5-9-21(26)17-25-23-12-11-20-15-18-7-3-4-8-19(18)16-24(20)22(23)13-14-27(25)28/h3-14H,2,15-17H2,1H3. The summed E-state index contributed by atoms with van der Waals surface area (Å²) < 4.78 is 0. The molecular weight excluding hydrogens is 338 g/mol. The number of rotatable bonds is 1. The third kappa shape index (κ3) is 2.19. The van der Waals surface area contributed by atoms with Gasteiger partial charge in [-0.2, -0.15) is 0 Å². The highest BCUT2D eigenvalue weighted by atomic mass is 15.1. The van der Waals surface area contributed by atoms with Gasteiger partial charge in [-0.3, -0.25) is 0 Å². The van der Waals surface area contributed by atoms with Crippen LogP contribution in [0.25, 0.3) is 10.8 Å². The van der Waals surface area contributed by atoms with Gasteiger partial charge in [0.1, 0.15) is 0 Å². The SMILES string of the molecule is CCN1c2ccccc2Cc2c1ccc1c3c(ccc21)Cc1ccccc1C3. The Morgan fingerprint density at radius 2 is 1.21 bits per heavy atom. The molecule has 0 atom stereocenters. The summed E-state index contributed by atoms with van der Waals surface area (Å²) in [6.07, 6.45) is 3.13. The summed E-state index contributed by atoms with van der Waals surface area (Å²) in [4.78, 5) is 2.47. The number of hydrogen-bond donors (Lipinski definition) is 0. The maximum Gasteiger partial charge on any atom is 0.0453 e. The lowest BCUT2D eigenvalue weighted by Gasteiger charge is -2.34. The summed E-state index contributed by atoms with van der Waals surface area (Å²) in [5, 5.41) is 2.88. The zero-order chi connectivity index (χ0) is 18.7. The lowest BCUT2D eigenvalue weighted by molar-refractivity contribution is 0.965. The van der Waals surface area contributed by atoms with Gasteiger partial charge in [0.15, 0.2) is 0 Å². The summed E-state index contributed by atoms with van der Waals surface area (Å²) >= 11 is 0. The summed E-state index contributed by atoms with van der Waals surface area (Å²) in [7, 11) is 0. The van der Waals surface area contributed by atoms with Gasteiger partial charge in [0.25, 0.3) is 0 Å². The summed E-state index contributed by atoms with van der Waals surface area (Å²) in [6, 6.07) is 27.3. The van der Waals surface area contributed by atoms with Crippen LogP contribution < -0.4 is 4.90 Å². The lowest BCUT2D eigenvalue weighted by Crippen LogP contribution is -2.23. The van der Waals surface area contributed by atoms with Crippen LogP contribution >= 0.6 is 0 Å². The Morgan fingerprint density at radius 1 is 0.571 bits per heavy atom. The highest BCUT2D eigenvalue weighted by Gasteiger charge is 2.25. The minimum Gasteiger partial charge on any atom is -0.341 e. The van der Waals surface area contributed by atoms with E-state index < -0.39 is 0 Å². The molecule has 1 nitrogen and oxygen atoms in total. The third-order valence-corrected chi connectivity index (χ3v) is 6.62. The molecule has 4 aromatic rings. The molecule has 0 radical (unpaired) electrons. The quantitative estimate of drug-likeness (QED) is 0.334. The van der Waals surface area contributed by atoms with Crippen LogP contribution in [0.1, 0.15) is 40.3 Å². The van der Waals surface area contributed by atoms with Crippen LogP contribution in [0.15, 0.2) is 72.8 Å². The first-order chi connectivity index (χ1) is 13.8. The van der Waals surface area contributed by atoms with Crippen molar-refractivity contribution in [2.45, 2.75) is 26.2 Å². The molecule has 0 N–H and O–H groups in total. The molecule has 136 valence electrons. The van der Waals surface area contributed by atoms with Gasteiger partial charge in [0.2, 0.25) is 0 Å². The van der Waals surface area contributed by atoms with Crippen LogP contribution in [0.4, 0.5) is 11.4 Å². The molecule has 0 spiro atoms. The van der Waals surface area contributed by atoms with Crippen LogP contribution in [0.3, 0.4) is 0 Å². The molecule has 1 heteroatoms. The third-order valence-electron chi connectivity index (χ3n) is 6.62. The average molecular weight is 361 g/mol. The smallest absolute Gasteiger partial charge is 0.0453 e. The van der Waals surface area contributed by atoms with E-state index in [0.29, 0.717) is 0 Å². The van der Waals surface area contributed by atoms with Gasteiger partial charge < -0.3 is 4.90 Å². The van der Waals surface area contributed by atoms with Gasteiger partial charge in [-0.05, 0) is 76.1 Å². The van der Waals surface area contributed by atoms with E-state index in [1.165, 1.54) is 55.5 Å².